The van der Waals surface area contributed by atoms with Gasteiger partial charge in [0.25, 0.3) is 0 Å². The van der Waals surface area contributed by atoms with Gasteiger partial charge >= 0.3 is 0 Å². The van der Waals surface area contributed by atoms with Crippen LogP contribution in [0.25, 0.3) is 10.8 Å². The fraction of sp³-hybridized carbons (Fsp3) is 0.190. The fourth-order valence-electron chi connectivity index (χ4n) is 3.51. The van der Waals surface area contributed by atoms with Crippen LogP contribution in [0.3, 0.4) is 0 Å². The van der Waals surface area contributed by atoms with E-state index >= 15 is 0 Å². The van der Waals surface area contributed by atoms with E-state index in [9.17, 15) is 17.6 Å². The Hall–Kier alpha value is -2.77. The van der Waals surface area contributed by atoms with Crippen molar-refractivity contribution in [2.24, 2.45) is 0 Å². The zero-order valence-electron chi connectivity index (χ0n) is 15.0. The largest absolute Gasteiger partial charge is 0.325 e. The molecule has 3 aromatic carbocycles. The van der Waals surface area contributed by atoms with Gasteiger partial charge in [-0.1, -0.05) is 30.3 Å². The van der Waals surface area contributed by atoms with Crippen LogP contribution in [0.1, 0.15) is 12.8 Å². The minimum absolute atomic E-state index is 0.174. The molecule has 0 radical (unpaired) electrons. The molecule has 0 aliphatic carbocycles. The molecule has 0 saturated carbocycles. The topological polar surface area (TPSA) is 66.5 Å². The molecule has 0 spiro atoms. The number of hydrogen-bond acceptors (Lipinski definition) is 3. The second-order valence-electron chi connectivity index (χ2n) is 6.78. The first-order chi connectivity index (χ1) is 13.4. The van der Waals surface area contributed by atoms with E-state index in [2.05, 4.69) is 5.32 Å². The zero-order valence-corrected chi connectivity index (χ0v) is 15.8. The van der Waals surface area contributed by atoms with Crippen molar-refractivity contribution >= 4 is 32.4 Å². The van der Waals surface area contributed by atoms with Gasteiger partial charge in [0.05, 0.1) is 4.90 Å². The SMILES string of the molecule is O=C(Nc1ccc(F)cc1)[C@H]1CCCN1S(=O)(=O)c1ccc2ccccc2c1. The van der Waals surface area contributed by atoms with E-state index in [1.54, 1.807) is 18.2 Å². The summed E-state index contributed by atoms with van der Waals surface area (Å²) in [7, 11) is -3.81. The highest BCUT2D eigenvalue weighted by Crippen LogP contribution is 2.29. The molecule has 4 rings (SSSR count). The molecule has 1 amide bonds. The van der Waals surface area contributed by atoms with E-state index in [1.165, 1.54) is 28.6 Å². The summed E-state index contributed by atoms with van der Waals surface area (Å²) >= 11 is 0. The van der Waals surface area contributed by atoms with E-state index in [1.807, 2.05) is 24.3 Å². The number of rotatable bonds is 4. The second kappa shape index (κ2) is 7.33. The summed E-state index contributed by atoms with van der Waals surface area (Å²) in [6, 6.07) is 17.1. The molecule has 28 heavy (non-hydrogen) atoms. The Morgan fingerprint density at radius 2 is 1.71 bits per heavy atom. The number of amides is 1. The molecule has 1 fully saturated rings. The third-order valence-electron chi connectivity index (χ3n) is 4.95. The number of halogens is 1. The lowest BCUT2D eigenvalue weighted by atomic mass is 10.1. The summed E-state index contributed by atoms with van der Waals surface area (Å²) < 4.78 is 40.7. The molecular weight excluding hydrogens is 379 g/mol. The third kappa shape index (κ3) is 3.50. The highest BCUT2D eigenvalue weighted by Gasteiger charge is 2.39. The fourth-order valence-corrected chi connectivity index (χ4v) is 5.20. The van der Waals surface area contributed by atoms with Gasteiger partial charge < -0.3 is 5.32 Å². The summed E-state index contributed by atoms with van der Waals surface area (Å²) in [6.45, 7) is 0.288. The molecule has 1 heterocycles. The number of fused-ring (bicyclic) bond motifs is 1. The molecule has 1 N–H and O–H groups in total. The third-order valence-corrected chi connectivity index (χ3v) is 6.85. The lowest BCUT2D eigenvalue weighted by molar-refractivity contribution is -0.119. The Balaban J connectivity index is 1.60. The molecule has 1 aliphatic heterocycles. The second-order valence-corrected chi connectivity index (χ2v) is 8.67. The maximum atomic E-state index is 13.2. The van der Waals surface area contributed by atoms with E-state index in [-0.39, 0.29) is 11.4 Å². The quantitative estimate of drug-likeness (QED) is 0.728. The number of nitrogens with zero attached hydrogens (tertiary/aromatic N) is 1. The summed E-state index contributed by atoms with van der Waals surface area (Å²) in [6.07, 6.45) is 1.05. The average Bonchev–Trinajstić information content (AvgIpc) is 3.20. The van der Waals surface area contributed by atoms with Crippen molar-refractivity contribution in [2.75, 3.05) is 11.9 Å². The molecular formula is C21H19FN2O3S. The van der Waals surface area contributed by atoms with Gasteiger partial charge in [-0.2, -0.15) is 4.31 Å². The van der Waals surface area contributed by atoms with E-state index < -0.39 is 27.8 Å². The number of sulfonamides is 1. The first-order valence-electron chi connectivity index (χ1n) is 9.02. The minimum atomic E-state index is -3.81. The normalized spacial score (nSPS) is 17.7. The predicted octanol–water partition coefficient (Wildman–Crippen LogP) is 3.77. The monoisotopic (exact) mass is 398 g/mol. The Labute approximate surface area is 162 Å². The van der Waals surface area contributed by atoms with Gasteiger partial charge in [-0.25, -0.2) is 12.8 Å². The van der Waals surface area contributed by atoms with Crippen molar-refractivity contribution < 1.29 is 17.6 Å². The lowest BCUT2D eigenvalue weighted by Crippen LogP contribution is -2.43. The highest BCUT2D eigenvalue weighted by molar-refractivity contribution is 7.89. The number of hydrogen-bond donors (Lipinski definition) is 1. The van der Waals surface area contributed by atoms with Gasteiger partial charge in [-0.15, -0.1) is 0 Å². The van der Waals surface area contributed by atoms with Crippen molar-refractivity contribution in [3.63, 3.8) is 0 Å². The van der Waals surface area contributed by atoms with Crippen LogP contribution in [0, 0.1) is 5.82 Å². The van der Waals surface area contributed by atoms with Crippen molar-refractivity contribution in [3.8, 4) is 0 Å². The average molecular weight is 398 g/mol. The van der Waals surface area contributed by atoms with E-state index in [4.69, 9.17) is 0 Å². The summed E-state index contributed by atoms with van der Waals surface area (Å²) in [5.41, 5.74) is 0.432. The van der Waals surface area contributed by atoms with Gasteiger partial charge in [0, 0.05) is 12.2 Å². The first-order valence-corrected chi connectivity index (χ1v) is 10.5. The van der Waals surface area contributed by atoms with Gasteiger partial charge in [0.2, 0.25) is 15.9 Å². The van der Waals surface area contributed by atoms with Crippen molar-refractivity contribution in [3.05, 3.63) is 72.5 Å². The number of carbonyl (C=O) groups excluding carboxylic acids is 1. The van der Waals surface area contributed by atoms with Gasteiger partial charge in [-0.3, -0.25) is 4.79 Å². The van der Waals surface area contributed by atoms with Gasteiger partial charge in [0.15, 0.2) is 0 Å². The standard InChI is InChI=1S/C21H19FN2O3S/c22-17-8-10-18(11-9-17)23-21(25)20-6-3-13-24(20)28(26,27)19-12-7-15-4-1-2-5-16(15)14-19/h1-2,4-5,7-12,14,20H,3,6,13H2,(H,23,25)/t20-/m1/s1. The summed E-state index contributed by atoms with van der Waals surface area (Å²) in [5, 5.41) is 4.46. The lowest BCUT2D eigenvalue weighted by Gasteiger charge is -2.23. The van der Waals surface area contributed by atoms with Gasteiger partial charge in [0.1, 0.15) is 11.9 Å². The molecule has 1 atom stereocenters. The Morgan fingerprint density at radius 1 is 1.00 bits per heavy atom. The van der Waals surface area contributed by atoms with Crippen LogP contribution in [-0.4, -0.2) is 31.2 Å². The molecule has 0 aromatic heterocycles. The van der Waals surface area contributed by atoms with Gasteiger partial charge in [-0.05, 0) is 60.0 Å². The molecule has 144 valence electrons. The molecule has 7 heteroatoms. The smallest absolute Gasteiger partial charge is 0.243 e. The van der Waals surface area contributed by atoms with E-state index in [0.29, 0.717) is 18.5 Å². The highest BCUT2D eigenvalue weighted by atomic mass is 32.2. The van der Waals surface area contributed by atoms with Crippen LogP contribution >= 0.6 is 0 Å². The van der Waals surface area contributed by atoms with Crippen LogP contribution in [-0.2, 0) is 14.8 Å². The molecule has 0 bridgehead atoms. The van der Waals surface area contributed by atoms with Crippen molar-refractivity contribution in [1.82, 2.24) is 4.31 Å². The maximum Gasteiger partial charge on any atom is 0.243 e. The first kappa shape index (κ1) is 18.6. The van der Waals surface area contributed by atoms with Crippen LogP contribution in [0.5, 0.6) is 0 Å². The number of nitrogens with one attached hydrogen (secondary N) is 1. The minimum Gasteiger partial charge on any atom is -0.325 e. The Bertz CT molecular complexity index is 1130. The van der Waals surface area contributed by atoms with Crippen LogP contribution in [0.4, 0.5) is 10.1 Å². The zero-order chi connectivity index (χ0) is 19.7. The molecule has 5 nitrogen and oxygen atoms in total. The van der Waals surface area contributed by atoms with Crippen LogP contribution < -0.4 is 5.32 Å². The summed E-state index contributed by atoms with van der Waals surface area (Å²) in [5.74, 6) is -0.812. The molecule has 0 unspecified atom stereocenters. The Morgan fingerprint density at radius 3 is 2.46 bits per heavy atom. The van der Waals surface area contributed by atoms with Crippen LogP contribution in [0.15, 0.2) is 71.6 Å². The van der Waals surface area contributed by atoms with Crippen LogP contribution in [0.2, 0.25) is 0 Å². The van der Waals surface area contributed by atoms with E-state index in [0.717, 1.165) is 10.8 Å². The number of benzene rings is 3. The molecule has 1 saturated heterocycles. The number of carbonyl (C=O) groups is 1. The van der Waals surface area contributed by atoms with Crippen molar-refractivity contribution in [2.45, 2.75) is 23.8 Å². The summed E-state index contributed by atoms with van der Waals surface area (Å²) in [4.78, 5) is 12.9. The molecule has 1 aliphatic rings. The predicted molar refractivity (Wildman–Crippen MR) is 106 cm³/mol. The number of anilines is 1. The Kier molecular flexibility index (Phi) is 4.87. The van der Waals surface area contributed by atoms with Crippen molar-refractivity contribution in [1.29, 1.82) is 0 Å². The maximum absolute atomic E-state index is 13.2. The molecule has 3 aromatic rings.